The molecule has 8 heteroatoms. The van der Waals surface area contributed by atoms with E-state index in [-0.39, 0.29) is 5.78 Å². The molecule has 0 fully saturated rings. The quantitative estimate of drug-likeness (QED) is 0.491. The van der Waals surface area contributed by atoms with Crippen LogP contribution < -0.4 is 0 Å². The summed E-state index contributed by atoms with van der Waals surface area (Å²) in [7, 11) is 0. The van der Waals surface area contributed by atoms with Gasteiger partial charge in [0, 0.05) is 35.3 Å². The van der Waals surface area contributed by atoms with Crippen LogP contribution >= 0.6 is 0 Å². The van der Waals surface area contributed by atoms with Gasteiger partial charge in [0.05, 0.1) is 11.9 Å². The third-order valence-corrected chi connectivity index (χ3v) is 3.90. The highest BCUT2D eigenvalue weighted by atomic mass is 19.4. The van der Waals surface area contributed by atoms with Gasteiger partial charge in [0.25, 0.3) is 0 Å². The van der Waals surface area contributed by atoms with Gasteiger partial charge in [0.1, 0.15) is 11.5 Å². The first kappa shape index (κ1) is 16.2. The molecule has 0 unspecified atom stereocenters. The molecule has 4 aromatic rings. The number of alkyl halides is 3. The van der Waals surface area contributed by atoms with Crippen LogP contribution in [0.2, 0.25) is 0 Å². The Balaban J connectivity index is 1.84. The predicted octanol–water partition coefficient (Wildman–Crippen LogP) is 4.62. The third kappa shape index (κ3) is 2.79. The van der Waals surface area contributed by atoms with E-state index in [1.807, 2.05) is 0 Å². The first-order chi connectivity index (χ1) is 12.4. The molecule has 0 N–H and O–H groups in total. The monoisotopic (exact) mass is 358 g/mol. The van der Waals surface area contributed by atoms with E-state index < -0.39 is 17.7 Å². The van der Waals surface area contributed by atoms with Gasteiger partial charge in [0.2, 0.25) is 5.78 Å². The summed E-state index contributed by atoms with van der Waals surface area (Å²) in [6, 6.07) is 8.74. The van der Waals surface area contributed by atoms with Crippen molar-refractivity contribution in [2.45, 2.75) is 6.18 Å². The van der Waals surface area contributed by atoms with E-state index in [1.165, 1.54) is 35.1 Å². The average molecular weight is 358 g/mol. The summed E-state index contributed by atoms with van der Waals surface area (Å²) < 4.78 is 54.0. The Kier molecular flexibility index (Phi) is 3.68. The molecule has 0 saturated heterocycles. The summed E-state index contributed by atoms with van der Waals surface area (Å²) in [6.45, 7) is 0. The van der Waals surface area contributed by atoms with Crippen LogP contribution in [0.4, 0.5) is 17.6 Å². The molecular weight excluding hydrogens is 348 g/mol. The number of nitrogens with zero attached hydrogens (tertiary/aromatic N) is 4. The Morgan fingerprint density at radius 1 is 0.962 bits per heavy atom. The van der Waals surface area contributed by atoms with Crippen molar-refractivity contribution in [3.8, 4) is 22.4 Å². The van der Waals surface area contributed by atoms with Gasteiger partial charge in [0.15, 0.2) is 0 Å². The van der Waals surface area contributed by atoms with Gasteiger partial charge in [-0.1, -0.05) is 6.07 Å². The van der Waals surface area contributed by atoms with Gasteiger partial charge >= 0.3 is 6.18 Å². The lowest BCUT2D eigenvalue weighted by molar-refractivity contribution is -0.141. The maximum absolute atomic E-state index is 14.2. The molecular formula is C18H10F4N4. The lowest BCUT2D eigenvalue weighted by Crippen LogP contribution is -2.09. The van der Waals surface area contributed by atoms with Crippen LogP contribution in [-0.2, 0) is 6.18 Å². The molecule has 0 atom stereocenters. The fraction of sp³-hybridized carbons (Fsp3) is 0.0556. The molecule has 0 saturated carbocycles. The Hall–Kier alpha value is -3.29. The standard InChI is InChI=1S/C18H10F4N4/c19-14-4-3-11(8-13(14)12-2-1-6-23-9-12)15-10-24-17-25-16(18(20,21)22)5-7-26(15)17/h1-10H. The van der Waals surface area contributed by atoms with Crippen LogP contribution in [0.1, 0.15) is 5.69 Å². The number of halogens is 4. The molecule has 1 aromatic carbocycles. The zero-order valence-corrected chi connectivity index (χ0v) is 13.1. The summed E-state index contributed by atoms with van der Waals surface area (Å²) in [5.74, 6) is -0.505. The molecule has 0 aliphatic carbocycles. The Labute approximate surface area is 144 Å². The highest BCUT2D eigenvalue weighted by Gasteiger charge is 2.33. The summed E-state index contributed by atoms with van der Waals surface area (Å²) in [5, 5.41) is 0. The number of pyridine rings is 1. The highest BCUT2D eigenvalue weighted by Crippen LogP contribution is 2.31. The van der Waals surface area contributed by atoms with Crippen LogP contribution in [0.15, 0.2) is 61.2 Å². The van der Waals surface area contributed by atoms with Crippen LogP contribution in [0, 0.1) is 5.82 Å². The van der Waals surface area contributed by atoms with Gasteiger partial charge in [-0.05, 0) is 30.3 Å². The molecule has 130 valence electrons. The number of aromatic nitrogens is 4. The van der Waals surface area contributed by atoms with E-state index >= 15 is 0 Å². The number of rotatable bonds is 2. The highest BCUT2D eigenvalue weighted by molar-refractivity contribution is 5.72. The number of benzene rings is 1. The van der Waals surface area contributed by atoms with Crippen molar-refractivity contribution < 1.29 is 17.6 Å². The molecule has 0 bridgehead atoms. The van der Waals surface area contributed by atoms with E-state index in [2.05, 4.69) is 15.0 Å². The maximum atomic E-state index is 14.2. The van der Waals surface area contributed by atoms with E-state index in [1.54, 1.807) is 24.4 Å². The van der Waals surface area contributed by atoms with Crippen LogP contribution in [0.3, 0.4) is 0 Å². The second-order valence-electron chi connectivity index (χ2n) is 5.56. The third-order valence-electron chi connectivity index (χ3n) is 3.90. The Morgan fingerprint density at radius 3 is 2.54 bits per heavy atom. The van der Waals surface area contributed by atoms with E-state index in [9.17, 15) is 17.6 Å². The van der Waals surface area contributed by atoms with Gasteiger partial charge in [-0.15, -0.1) is 0 Å². The number of hydrogen-bond donors (Lipinski definition) is 0. The summed E-state index contributed by atoms with van der Waals surface area (Å²) in [6.07, 6.45) is 1.23. The van der Waals surface area contributed by atoms with Crippen LogP contribution in [-0.4, -0.2) is 19.4 Å². The fourth-order valence-electron chi connectivity index (χ4n) is 2.67. The van der Waals surface area contributed by atoms with Crippen molar-refractivity contribution in [3.63, 3.8) is 0 Å². The van der Waals surface area contributed by atoms with Gasteiger partial charge in [-0.3, -0.25) is 9.38 Å². The molecule has 0 aliphatic rings. The first-order valence-corrected chi connectivity index (χ1v) is 7.55. The van der Waals surface area contributed by atoms with Gasteiger partial charge in [-0.25, -0.2) is 14.4 Å². The zero-order chi connectivity index (χ0) is 18.3. The minimum absolute atomic E-state index is 0.0814. The largest absolute Gasteiger partial charge is 0.433 e. The predicted molar refractivity (Wildman–Crippen MR) is 86.6 cm³/mol. The SMILES string of the molecule is Fc1ccc(-c2cnc3nc(C(F)(F)F)ccn23)cc1-c1cccnc1. The average Bonchev–Trinajstić information content (AvgIpc) is 3.05. The van der Waals surface area contributed by atoms with Crippen molar-refractivity contribution in [2.75, 3.05) is 0 Å². The molecule has 0 radical (unpaired) electrons. The molecule has 3 heterocycles. The minimum Gasteiger partial charge on any atom is -0.284 e. The van der Waals surface area contributed by atoms with E-state index in [0.29, 0.717) is 22.4 Å². The molecule has 0 amide bonds. The molecule has 3 aromatic heterocycles. The van der Waals surface area contributed by atoms with Crippen molar-refractivity contribution in [2.24, 2.45) is 0 Å². The second-order valence-corrected chi connectivity index (χ2v) is 5.56. The minimum atomic E-state index is -4.54. The second kappa shape index (κ2) is 5.91. The van der Waals surface area contributed by atoms with Crippen LogP contribution in [0.5, 0.6) is 0 Å². The fourth-order valence-corrected chi connectivity index (χ4v) is 2.67. The number of imidazole rings is 1. The first-order valence-electron chi connectivity index (χ1n) is 7.55. The maximum Gasteiger partial charge on any atom is 0.433 e. The molecule has 4 nitrogen and oxygen atoms in total. The number of hydrogen-bond acceptors (Lipinski definition) is 3. The topological polar surface area (TPSA) is 43.1 Å². The van der Waals surface area contributed by atoms with Crippen molar-refractivity contribution in [1.29, 1.82) is 0 Å². The number of fused-ring (bicyclic) bond motifs is 1. The zero-order valence-electron chi connectivity index (χ0n) is 13.1. The van der Waals surface area contributed by atoms with E-state index in [0.717, 1.165) is 6.07 Å². The van der Waals surface area contributed by atoms with Gasteiger partial charge in [-0.2, -0.15) is 13.2 Å². The Bertz CT molecular complexity index is 1090. The van der Waals surface area contributed by atoms with Gasteiger partial charge < -0.3 is 0 Å². The summed E-state index contributed by atoms with van der Waals surface area (Å²) >= 11 is 0. The summed E-state index contributed by atoms with van der Waals surface area (Å²) in [5.41, 5.74) is 1.02. The van der Waals surface area contributed by atoms with E-state index in [4.69, 9.17) is 0 Å². The van der Waals surface area contributed by atoms with Crippen LogP contribution in [0.25, 0.3) is 28.2 Å². The molecule has 0 spiro atoms. The normalized spacial score (nSPS) is 11.8. The lowest BCUT2D eigenvalue weighted by Gasteiger charge is -2.08. The summed E-state index contributed by atoms with van der Waals surface area (Å²) in [4.78, 5) is 11.4. The van der Waals surface area contributed by atoms with Crippen molar-refractivity contribution >= 4 is 5.78 Å². The molecule has 26 heavy (non-hydrogen) atoms. The molecule has 0 aliphatic heterocycles. The van der Waals surface area contributed by atoms with Crippen molar-refractivity contribution in [3.05, 3.63) is 72.7 Å². The lowest BCUT2D eigenvalue weighted by atomic mass is 10.0. The van der Waals surface area contributed by atoms with Crippen molar-refractivity contribution in [1.82, 2.24) is 19.4 Å². The smallest absolute Gasteiger partial charge is 0.284 e. The Morgan fingerprint density at radius 2 is 1.81 bits per heavy atom. The molecule has 4 rings (SSSR count).